The van der Waals surface area contributed by atoms with Gasteiger partial charge in [0, 0.05) is 0 Å². The molecule has 0 fully saturated rings. The van der Waals surface area contributed by atoms with Gasteiger partial charge in [0.25, 0.3) is 0 Å². The van der Waals surface area contributed by atoms with Crippen LogP contribution in [0.4, 0.5) is 4.79 Å². The predicted molar refractivity (Wildman–Crippen MR) is 92.4 cm³/mol. The van der Waals surface area contributed by atoms with Crippen LogP contribution in [0, 0.1) is 0 Å². The van der Waals surface area contributed by atoms with Gasteiger partial charge in [-0.1, -0.05) is 51.9 Å². The van der Waals surface area contributed by atoms with Crippen molar-refractivity contribution in [1.82, 2.24) is 0 Å². The second kappa shape index (κ2) is 12.4. The molecule has 134 valence electrons. The molecule has 1 aromatic rings. The van der Waals surface area contributed by atoms with Gasteiger partial charge in [0.1, 0.15) is 5.75 Å². The van der Waals surface area contributed by atoms with Crippen LogP contribution < -0.4 is 4.74 Å². The van der Waals surface area contributed by atoms with E-state index in [9.17, 15) is 9.59 Å². The minimum atomic E-state index is -0.792. The summed E-state index contributed by atoms with van der Waals surface area (Å²) in [5.74, 6) is -0.0379. The Morgan fingerprint density at radius 3 is 2.04 bits per heavy atom. The molecule has 1 rings (SSSR count). The highest BCUT2D eigenvalue weighted by molar-refractivity contribution is 5.89. The van der Waals surface area contributed by atoms with Crippen LogP contribution in [0.2, 0.25) is 0 Å². The number of rotatable bonds is 11. The lowest BCUT2D eigenvalue weighted by atomic mass is 10.1. The Labute approximate surface area is 144 Å². The summed E-state index contributed by atoms with van der Waals surface area (Å²) in [4.78, 5) is 22.9. The van der Waals surface area contributed by atoms with Gasteiger partial charge in [-0.15, -0.1) is 0 Å². The molecular formula is C19H28O5. The number of carbonyl (C=O) groups excluding carboxylic acids is 2. The van der Waals surface area contributed by atoms with E-state index in [-0.39, 0.29) is 5.97 Å². The van der Waals surface area contributed by atoms with Gasteiger partial charge in [-0.2, -0.15) is 0 Å². The van der Waals surface area contributed by atoms with Crippen LogP contribution in [-0.4, -0.2) is 25.8 Å². The third-order valence-corrected chi connectivity index (χ3v) is 3.69. The number of carbonyl (C=O) groups is 2. The van der Waals surface area contributed by atoms with Gasteiger partial charge in [0.05, 0.1) is 19.3 Å². The Balaban J connectivity index is 2.15. The van der Waals surface area contributed by atoms with Gasteiger partial charge in [0.2, 0.25) is 0 Å². The van der Waals surface area contributed by atoms with Crippen molar-refractivity contribution in [2.75, 3.05) is 13.7 Å². The Hall–Kier alpha value is -2.04. The van der Waals surface area contributed by atoms with Crippen molar-refractivity contribution >= 4 is 12.1 Å². The van der Waals surface area contributed by atoms with Crippen molar-refractivity contribution in [3.05, 3.63) is 29.8 Å². The van der Waals surface area contributed by atoms with Gasteiger partial charge >= 0.3 is 12.1 Å². The molecule has 0 amide bonds. The minimum absolute atomic E-state index is 0.321. The highest BCUT2D eigenvalue weighted by Crippen LogP contribution is 2.14. The molecule has 0 radical (unpaired) electrons. The predicted octanol–water partition coefficient (Wildman–Crippen LogP) is 5.13. The smallest absolute Gasteiger partial charge is 0.462 e. The van der Waals surface area contributed by atoms with Gasteiger partial charge in [-0.05, 0) is 30.7 Å². The first-order chi connectivity index (χ1) is 11.7. The van der Waals surface area contributed by atoms with E-state index in [2.05, 4.69) is 11.7 Å². The van der Waals surface area contributed by atoms with Crippen molar-refractivity contribution in [1.29, 1.82) is 0 Å². The number of hydrogen-bond acceptors (Lipinski definition) is 5. The molecule has 5 heteroatoms. The van der Waals surface area contributed by atoms with Crippen molar-refractivity contribution in [3.63, 3.8) is 0 Å². The molecule has 0 spiro atoms. The maximum absolute atomic E-state index is 11.9. The fourth-order valence-corrected chi connectivity index (χ4v) is 2.28. The summed E-state index contributed by atoms with van der Waals surface area (Å²) in [6.45, 7) is 2.66. The lowest BCUT2D eigenvalue weighted by Gasteiger charge is -2.06. The van der Waals surface area contributed by atoms with E-state index in [4.69, 9.17) is 9.47 Å². The zero-order chi connectivity index (χ0) is 17.6. The number of esters is 1. The maximum atomic E-state index is 11.9. The number of benzene rings is 1. The Morgan fingerprint density at radius 1 is 0.875 bits per heavy atom. The lowest BCUT2D eigenvalue weighted by molar-refractivity contribution is 0.0497. The highest BCUT2D eigenvalue weighted by Gasteiger charge is 2.08. The summed E-state index contributed by atoms with van der Waals surface area (Å²) < 4.78 is 14.5. The summed E-state index contributed by atoms with van der Waals surface area (Å²) >= 11 is 0. The summed E-state index contributed by atoms with van der Waals surface area (Å²) in [7, 11) is 1.24. The van der Waals surface area contributed by atoms with Crippen LogP contribution in [0.15, 0.2) is 24.3 Å². The summed E-state index contributed by atoms with van der Waals surface area (Å²) in [5, 5.41) is 0. The molecule has 0 unspecified atom stereocenters. The summed E-state index contributed by atoms with van der Waals surface area (Å²) in [6, 6.07) is 6.19. The average Bonchev–Trinajstić information content (AvgIpc) is 2.60. The number of ether oxygens (including phenoxy) is 3. The largest absolute Gasteiger partial charge is 0.513 e. The lowest BCUT2D eigenvalue weighted by Crippen LogP contribution is -2.08. The van der Waals surface area contributed by atoms with Crippen LogP contribution >= 0.6 is 0 Å². The molecule has 0 saturated heterocycles. The molecule has 1 aromatic carbocycles. The molecule has 0 atom stereocenters. The molecule has 24 heavy (non-hydrogen) atoms. The van der Waals surface area contributed by atoms with Crippen LogP contribution in [-0.2, 0) is 9.47 Å². The van der Waals surface area contributed by atoms with Gasteiger partial charge in [-0.3, -0.25) is 0 Å². The molecule has 0 bridgehead atoms. The van der Waals surface area contributed by atoms with Gasteiger partial charge < -0.3 is 14.2 Å². The Bertz CT molecular complexity index is 481. The van der Waals surface area contributed by atoms with E-state index in [1.807, 2.05) is 0 Å². The fourth-order valence-electron chi connectivity index (χ4n) is 2.28. The van der Waals surface area contributed by atoms with E-state index in [0.717, 1.165) is 12.8 Å². The third-order valence-electron chi connectivity index (χ3n) is 3.69. The monoisotopic (exact) mass is 336 g/mol. The van der Waals surface area contributed by atoms with Crippen molar-refractivity contribution in [3.8, 4) is 5.75 Å². The molecule has 5 nitrogen and oxygen atoms in total. The quantitative estimate of drug-likeness (QED) is 0.318. The average molecular weight is 336 g/mol. The Kier molecular flexibility index (Phi) is 10.3. The number of hydrogen-bond donors (Lipinski definition) is 0. The first kappa shape index (κ1) is 20.0. The summed E-state index contributed by atoms with van der Waals surface area (Å²) in [6.07, 6.45) is 8.85. The molecule has 0 aliphatic heterocycles. The van der Waals surface area contributed by atoms with E-state index < -0.39 is 6.16 Å². The van der Waals surface area contributed by atoms with Gasteiger partial charge in [-0.25, -0.2) is 9.59 Å². The van der Waals surface area contributed by atoms with Crippen molar-refractivity contribution in [2.45, 2.75) is 58.3 Å². The van der Waals surface area contributed by atoms with Crippen molar-refractivity contribution < 1.29 is 23.8 Å². The van der Waals surface area contributed by atoms with Crippen molar-refractivity contribution in [2.24, 2.45) is 0 Å². The highest BCUT2D eigenvalue weighted by atomic mass is 16.7. The Morgan fingerprint density at radius 2 is 1.46 bits per heavy atom. The second-order valence-corrected chi connectivity index (χ2v) is 5.69. The zero-order valence-electron chi connectivity index (χ0n) is 14.7. The molecule has 0 aromatic heterocycles. The van der Waals surface area contributed by atoms with E-state index in [1.54, 1.807) is 12.1 Å². The van der Waals surface area contributed by atoms with Gasteiger partial charge in [0.15, 0.2) is 0 Å². The molecular weight excluding hydrogens is 308 g/mol. The number of unbranched alkanes of at least 4 members (excludes halogenated alkanes) is 7. The first-order valence-corrected chi connectivity index (χ1v) is 8.70. The molecule has 0 aliphatic rings. The maximum Gasteiger partial charge on any atom is 0.513 e. The second-order valence-electron chi connectivity index (χ2n) is 5.69. The van der Waals surface area contributed by atoms with E-state index >= 15 is 0 Å². The van der Waals surface area contributed by atoms with E-state index in [1.165, 1.54) is 57.8 Å². The zero-order valence-corrected chi connectivity index (χ0v) is 14.7. The molecule has 0 saturated carbocycles. The van der Waals surface area contributed by atoms with Crippen LogP contribution in [0.3, 0.4) is 0 Å². The fraction of sp³-hybridized carbons (Fsp3) is 0.579. The third kappa shape index (κ3) is 8.56. The standard InChI is InChI=1S/C19H28O5/c1-3-4-5-6-7-8-9-10-15-23-18(20)16-11-13-17(14-12-16)24-19(21)22-2/h11-14H,3-10,15H2,1-2H3. The van der Waals surface area contributed by atoms with Crippen LogP contribution in [0.1, 0.15) is 68.6 Å². The SMILES string of the molecule is CCCCCCCCCCOC(=O)c1ccc(OC(=O)OC)cc1. The number of methoxy groups -OCH3 is 1. The molecule has 0 heterocycles. The molecule has 0 N–H and O–H groups in total. The topological polar surface area (TPSA) is 61.8 Å². The normalized spacial score (nSPS) is 10.2. The first-order valence-electron chi connectivity index (χ1n) is 8.70. The molecule has 0 aliphatic carbocycles. The van der Waals surface area contributed by atoms with E-state index in [0.29, 0.717) is 17.9 Å². The van der Waals surface area contributed by atoms with Crippen LogP contribution in [0.25, 0.3) is 0 Å². The summed E-state index contributed by atoms with van der Waals surface area (Å²) in [5.41, 5.74) is 0.437. The van der Waals surface area contributed by atoms with Crippen LogP contribution in [0.5, 0.6) is 5.75 Å². The minimum Gasteiger partial charge on any atom is -0.462 e.